The lowest BCUT2D eigenvalue weighted by molar-refractivity contribution is -0.122. The van der Waals surface area contributed by atoms with Crippen LogP contribution in [0.15, 0.2) is 0 Å². The maximum absolute atomic E-state index is 12.3. The first-order chi connectivity index (χ1) is 6.11. The molecule has 0 bridgehead atoms. The number of nitrogens with one attached hydrogen (secondary N) is 1. The van der Waals surface area contributed by atoms with Gasteiger partial charge in [0.25, 0.3) is 0 Å². The summed E-state index contributed by atoms with van der Waals surface area (Å²) in [6.45, 7) is 1.50. The third-order valence-electron chi connectivity index (χ3n) is 1.70. The average Bonchev–Trinajstić information content (AvgIpc) is 2.11. The fourth-order valence-electron chi connectivity index (χ4n) is 0.885. The van der Waals surface area contributed by atoms with Crippen LogP contribution in [-0.2, 0) is 4.79 Å². The molecule has 0 saturated carbocycles. The van der Waals surface area contributed by atoms with Crippen LogP contribution in [0.3, 0.4) is 0 Å². The van der Waals surface area contributed by atoms with E-state index in [0.29, 0.717) is 19.4 Å². The molecule has 13 heavy (non-hydrogen) atoms. The molecule has 78 valence electrons. The average molecular weight is 191 g/mol. The maximum atomic E-state index is 12.3. The van der Waals surface area contributed by atoms with E-state index >= 15 is 0 Å². The Bertz CT molecular complexity index is 152. The molecule has 5 heteroatoms. The number of hydrogen-bond donors (Lipinski definition) is 3. The van der Waals surface area contributed by atoms with Gasteiger partial charge in [-0.15, -0.1) is 0 Å². The summed E-state index contributed by atoms with van der Waals surface area (Å²) in [7, 11) is 0. The molecule has 0 aliphatic heterocycles. The van der Waals surface area contributed by atoms with Crippen LogP contribution in [-0.4, -0.2) is 31.2 Å². The first-order valence-corrected chi connectivity index (χ1v) is 4.43. The summed E-state index contributed by atoms with van der Waals surface area (Å²) in [6.07, 6.45) is 1.26. The van der Waals surface area contributed by atoms with Gasteiger partial charge in [0.1, 0.15) is 6.67 Å². The van der Waals surface area contributed by atoms with Gasteiger partial charge in [0, 0.05) is 0 Å². The van der Waals surface area contributed by atoms with Crippen molar-refractivity contribution in [3.63, 3.8) is 0 Å². The van der Waals surface area contributed by atoms with Crippen molar-refractivity contribution < 1.29 is 9.18 Å². The fourth-order valence-corrected chi connectivity index (χ4v) is 0.885. The van der Waals surface area contributed by atoms with Crippen molar-refractivity contribution in [3.05, 3.63) is 0 Å². The second kappa shape index (κ2) is 6.80. The lowest BCUT2D eigenvalue weighted by Crippen LogP contribution is -2.44. The third-order valence-corrected chi connectivity index (χ3v) is 1.70. The molecule has 0 radical (unpaired) electrons. The Labute approximate surface area is 77.9 Å². The SMILES string of the molecule is CC(N)C(=O)NC(CF)CCCN. The molecule has 0 aromatic rings. The topological polar surface area (TPSA) is 81.1 Å². The summed E-state index contributed by atoms with van der Waals surface area (Å²) in [5.41, 5.74) is 10.6. The highest BCUT2D eigenvalue weighted by atomic mass is 19.1. The molecule has 2 unspecified atom stereocenters. The zero-order valence-corrected chi connectivity index (χ0v) is 7.92. The van der Waals surface area contributed by atoms with Gasteiger partial charge in [0.15, 0.2) is 0 Å². The second-order valence-electron chi connectivity index (χ2n) is 3.08. The Kier molecular flexibility index (Phi) is 6.44. The summed E-state index contributed by atoms with van der Waals surface area (Å²) < 4.78 is 12.3. The van der Waals surface area contributed by atoms with Crippen molar-refractivity contribution in [2.45, 2.75) is 31.8 Å². The Morgan fingerprint density at radius 1 is 1.62 bits per heavy atom. The van der Waals surface area contributed by atoms with Crippen molar-refractivity contribution in [2.75, 3.05) is 13.2 Å². The number of rotatable bonds is 6. The molecular weight excluding hydrogens is 173 g/mol. The van der Waals surface area contributed by atoms with Crippen molar-refractivity contribution >= 4 is 5.91 Å². The van der Waals surface area contributed by atoms with Crippen LogP contribution in [0.1, 0.15) is 19.8 Å². The van der Waals surface area contributed by atoms with Crippen molar-refractivity contribution in [1.82, 2.24) is 5.32 Å². The monoisotopic (exact) mass is 191 g/mol. The fraction of sp³-hybridized carbons (Fsp3) is 0.875. The summed E-state index contributed by atoms with van der Waals surface area (Å²) in [5, 5.41) is 2.51. The minimum absolute atomic E-state index is 0.320. The molecule has 0 fully saturated rings. The van der Waals surface area contributed by atoms with Gasteiger partial charge in [-0.05, 0) is 26.3 Å². The van der Waals surface area contributed by atoms with Gasteiger partial charge in [-0.2, -0.15) is 0 Å². The Morgan fingerprint density at radius 3 is 2.62 bits per heavy atom. The molecule has 0 aliphatic rings. The third kappa shape index (κ3) is 5.54. The number of alkyl halides is 1. The first kappa shape index (κ1) is 12.3. The van der Waals surface area contributed by atoms with Gasteiger partial charge in [-0.25, -0.2) is 4.39 Å². The van der Waals surface area contributed by atoms with Crippen LogP contribution in [0.2, 0.25) is 0 Å². The normalized spacial score (nSPS) is 15.1. The molecule has 0 heterocycles. The number of hydrogen-bond acceptors (Lipinski definition) is 3. The van der Waals surface area contributed by atoms with E-state index in [2.05, 4.69) is 5.32 Å². The zero-order valence-electron chi connectivity index (χ0n) is 7.92. The van der Waals surface area contributed by atoms with Crippen LogP contribution >= 0.6 is 0 Å². The Balaban J connectivity index is 3.76. The van der Waals surface area contributed by atoms with Crippen LogP contribution < -0.4 is 16.8 Å². The molecule has 0 saturated heterocycles. The van der Waals surface area contributed by atoms with Crippen molar-refractivity contribution in [3.8, 4) is 0 Å². The highest BCUT2D eigenvalue weighted by molar-refractivity contribution is 5.81. The highest BCUT2D eigenvalue weighted by Crippen LogP contribution is 1.97. The lowest BCUT2D eigenvalue weighted by atomic mass is 10.1. The summed E-state index contributed by atoms with van der Waals surface area (Å²) in [5.74, 6) is -0.320. The Hall–Kier alpha value is -0.680. The second-order valence-corrected chi connectivity index (χ2v) is 3.08. The number of carbonyl (C=O) groups is 1. The van der Waals surface area contributed by atoms with E-state index in [-0.39, 0.29) is 5.91 Å². The van der Waals surface area contributed by atoms with Crippen LogP contribution in [0.5, 0.6) is 0 Å². The van der Waals surface area contributed by atoms with E-state index in [0.717, 1.165) is 0 Å². The molecule has 4 nitrogen and oxygen atoms in total. The smallest absolute Gasteiger partial charge is 0.236 e. The quantitative estimate of drug-likeness (QED) is 0.530. The lowest BCUT2D eigenvalue weighted by Gasteiger charge is -2.16. The van der Waals surface area contributed by atoms with Crippen LogP contribution in [0, 0.1) is 0 Å². The van der Waals surface area contributed by atoms with E-state index in [9.17, 15) is 9.18 Å². The van der Waals surface area contributed by atoms with E-state index < -0.39 is 18.8 Å². The molecule has 2 atom stereocenters. The predicted molar refractivity (Wildman–Crippen MR) is 49.8 cm³/mol. The van der Waals surface area contributed by atoms with E-state index in [1.807, 2.05) is 0 Å². The van der Waals surface area contributed by atoms with E-state index in [1.165, 1.54) is 0 Å². The minimum Gasteiger partial charge on any atom is -0.349 e. The summed E-state index contributed by atoms with van der Waals surface area (Å²) in [4.78, 5) is 11.0. The summed E-state index contributed by atoms with van der Waals surface area (Å²) >= 11 is 0. The Morgan fingerprint density at radius 2 is 2.23 bits per heavy atom. The molecule has 0 aromatic heterocycles. The van der Waals surface area contributed by atoms with Crippen LogP contribution in [0.4, 0.5) is 4.39 Å². The van der Waals surface area contributed by atoms with Gasteiger partial charge >= 0.3 is 0 Å². The standard InChI is InChI=1S/C8H18FN3O/c1-6(11)8(13)12-7(5-9)3-2-4-10/h6-7H,2-5,10-11H2,1H3,(H,12,13). The number of halogens is 1. The van der Waals surface area contributed by atoms with Gasteiger partial charge < -0.3 is 16.8 Å². The van der Waals surface area contributed by atoms with Gasteiger partial charge in [-0.3, -0.25) is 4.79 Å². The largest absolute Gasteiger partial charge is 0.349 e. The van der Waals surface area contributed by atoms with Crippen LogP contribution in [0.25, 0.3) is 0 Å². The molecule has 0 rings (SSSR count). The molecule has 0 aliphatic carbocycles. The number of carbonyl (C=O) groups excluding carboxylic acids is 1. The van der Waals surface area contributed by atoms with Crippen molar-refractivity contribution in [2.24, 2.45) is 11.5 Å². The summed E-state index contributed by atoms with van der Waals surface area (Å²) in [6, 6.07) is -1.03. The molecule has 0 aromatic carbocycles. The van der Waals surface area contributed by atoms with Gasteiger partial charge in [-0.1, -0.05) is 0 Å². The van der Waals surface area contributed by atoms with Gasteiger partial charge in [0.2, 0.25) is 5.91 Å². The van der Waals surface area contributed by atoms with E-state index in [1.54, 1.807) is 6.92 Å². The van der Waals surface area contributed by atoms with Gasteiger partial charge in [0.05, 0.1) is 12.1 Å². The first-order valence-electron chi connectivity index (χ1n) is 4.43. The maximum Gasteiger partial charge on any atom is 0.236 e. The number of amides is 1. The molecule has 0 spiro atoms. The molecule has 5 N–H and O–H groups in total. The highest BCUT2D eigenvalue weighted by Gasteiger charge is 2.13. The predicted octanol–water partition coefficient (Wildman–Crippen LogP) is -0.473. The molecule has 1 amide bonds. The van der Waals surface area contributed by atoms with Crippen molar-refractivity contribution in [1.29, 1.82) is 0 Å². The van der Waals surface area contributed by atoms with E-state index in [4.69, 9.17) is 11.5 Å². The molecular formula is C8H18FN3O. The number of nitrogens with two attached hydrogens (primary N) is 2. The zero-order chi connectivity index (χ0) is 10.3. The minimum atomic E-state index is -0.591.